The molecule has 3 aliphatic rings. The quantitative estimate of drug-likeness (QED) is 0.895. The van der Waals surface area contributed by atoms with Crippen molar-refractivity contribution in [1.82, 2.24) is 25.4 Å². The number of nitrogens with zero attached hydrogens (tertiary/aromatic N) is 3. The third kappa shape index (κ3) is 3.10. The first-order valence-corrected chi connectivity index (χ1v) is 8.74. The maximum Gasteiger partial charge on any atom is 0.317 e. The summed E-state index contributed by atoms with van der Waals surface area (Å²) in [4.78, 5) is 18.9. The van der Waals surface area contributed by atoms with Gasteiger partial charge in [0.05, 0.1) is 0 Å². The second kappa shape index (κ2) is 5.89. The first-order valence-electron chi connectivity index (χ1n) is 8.74. The summed E-state index contributed by atoms with van der Waals surface area (Å²) in [6, 6.07) is 0.535. The molecule has 1 saturated heterocycles. The lowest BCUT2D eigenvalue weighted by Crippen LogP contribution is -2.42. The molecule has 2 aliphatic carbocycles. The molecule has 2 heterocycles. The van der Waals surface area contributed by atoms with Gasteiger partial charge in [0.1, 0.15) is 5.82 Å². The number of rotatable bonds is 4. The highest BCUT2D eigenvalue weighted by Gasteiger charge is 2.30. The van der Waals surface area contributed by atoms with Crippen LogP contribution < -0.4 is 5.32 Å². The van der Waals surface area contributed by atoms with E-state index in [1.165, 1.54) is 25.7 Å². The van der Waals surface area contributed by atoms with Crippen molar-refractivity contribution in [3.05, 3.63) is 11.6 Å². The van der Waals surface area contributed by atoms with Gasteiger partial charge in [-0.3, -0.25) is 5.10 Å². The van der Waals surface area contributed by atoms with Gasteiger partial charge in [0, 0.05) is 31.5 Å². The zero-order valence-electron chi connectivity index (χ0n) is 13.1. The molecular weight excluding hydrogens is 278 g/mol. The van der Waals surface area contributed by atoms with Crippen LogP contribution in [0.2, 0.25) is 0 Å². The molecule has 3 fully saturated rings. The molecule has 1 aromatic rings. The standard InChI is InChI=1S/C16H25N5O/c22-16(17-13-3-1-2-4-13)21-8-7-11(10-21)9-14-18-15(20-19-14)12-5-6-12/h11-13H,1-10H2,(H,17,22)(H,18,19,20). The Hall–Kier alpha value is -1.59. The molecule has 2 saturated carbocycles. The van der Waals surface area contributed by atoms with Crippen LogP contribution in [-0.4, -0.2) is 45.2 Å². The largest absolute Gasteiger partial charge is 0.335 e. The first kappa shape index (κ1) is 14.0. The van der Waals surface area contributed by atoms with Gasteiger partial charge in [0.15, 0.2) is 5.82 Å². The number of H-pyrrole nitrogens is 1. The van der Waals surface area contributed by atoms with Crippen LogP contribution in [-0.2, 0) is 6.42 Å². The minimum Gasteiger partial charge on any atom is -0.335 e. The average Bonchev–Trinajstić information content (AvgIpc) is 2.96. The predicted octanol–water partition coefficient (Wildman–Crippen LogP) is 2.20. The summed E-state index contributed by atoms with van der Waals surface area (Å²) in [6.45, 7) is 1.71. The fourth-order valence-corrected chi connectivity index (χ4v) is 3.72. The molecule has 120 valence electrons. The molecule has 0 spiro atoms. The third-order valence-electron chi connectivity index (χ3n) is 5.23. The lowest BCUT2D eigenvalue weighted by atomic mass is 10.1. The van der Waals surface area contributed by atoms with Crippen LogP contribution in [0.4, 0.5) is 4.79 Å². The number of nitrogens with one attached hydrogen (secondary N) is 2. The van der Waals surface area contributed by atoms with Crippen LogP contribution in [0.15, 0.2) is 0 Å². The number of aromatic amines is 1. The van der Waals surface area contributed by atoms with Gasteiger partial charge in [-0.05, 0) is 38.0 Å². The van der Waals surface area contributed by atoms with Crippen LogP contribution in [0.5, 0.6) is 0 Å². The van der Waals surface area contributed by atoms with E-state index in [2.05, 4.69) is 20.5 Å². The predicted molar refractivity (Wildman–Crippen MR) is 82.5 cm³/mol. The highest BCUT2D eigenvalue weighted by atomic mass is 16.2. The van der Waals surface area contributed by atoms with Crippen LogP contribution >= 0.6 is 0 Å². The number of urea groups is 1. The van der Waals surface area contributed by atoms with Gasteiger partial charge in [-0.15, -0.1) is 0 Å². The summed E-state index contributed by atoms with van der Waals surface area (Å²) in [5, 5.41) is 10.6. The average molecular weight is 303 g/mol. The fourth-order valence-electron chi connectivity index (χ4n) is 3.72. The van der Waals surface area contributed by atoms with Crippen molar-refractivity contribution in [2.75, 3.05) is 13.1 Å². The highest BCUT2D eigenvalue weighted by Crippen LogP contribution is 2.37. The summed E-state index contributed by atoms with van der Waals surface area (Å²) in [6.07, 6.45) is 9.23. The maximum absolute atomic E-state index is 12.3. The van der Waals surface area contributed by atoms with Crippen molar-refractivity contribution in [3.63, 3.8) is 0 Å². The lowest BCUT2D eigenvalue weighted by Gasteiger charge is -2.20. The molecule has 2 N–H and O–H groups in total. The van der Waals surface area contributed by atoms with E-state index in [1.807, 2.05) is 4.90 Å². The molecule has 6 nitrogen and oxygen atoms in total. The van der Waals surface area contributed by atoms with Crippen molar-refractivity contribution in [2.24, 2.45) is 5.92 Å². The smallest absolute Gasteiger partial charge is 0.317 e. The summed E-state index contributed by atoms with van der Waals surface area (Å²) >= 11 is 0. The van der Waals surface area contributed by atoms with Gasteiger partial charge in [-0.2, -0.15) is 5.10 Å². The van der Waals surface area contributed by atoms with E-state index in [4.69, 9.17) is 0 Å². The summed E-state index contributed by atoms with van der Waals surface area (Å²) < 4.78 is 0. The van der Waals surface area contributed by atoms with Gasteiger partial charge in [0.25, 0.3) is 0 Å². The van der Waals surface area contributed by atoms with Crippen molar-refractivity contribution >= 4 is 6.03 Å². The van der Waals surface area contributed by atoms with Crippen molar-refractivity contribution in [2.45, 2.75) is 63.3 Å². The molecule has 22 heavy (non-hydrogen) atoms. The maximum atomic E-state index is 12.3. The van der Waals surface area contributed by atoms with E-state index in [9.17, 15) is 4.79 Å². The number of aromatic nitrogens is 3. The molecule has 0 radical (unpaired) electrons. The number of carbonyl (C=O) groups excluding carboxylic acids is 1. The molecular formula is C16H25N5O. The Morgan fingerprint density at radius 1 is 1.23 bits per heavy atom. The van der Waals surface area contributed by atoms with Crippen LogP contribution in [0.3, 0.4) is 0 Å². The number of amides is 2. The zero-order chi connectivity index (χ0) is 14.9. The summed E-state index contributed by atoms with van der Waals surface area (Å²) in [7, 11) is 0. The van der Waals surface area contributed by atoms with Gasteiger partial charge in [-0.1, -0.05) is 12.8 Å². The van der Waals surface area contributed by atoms with Crippen molar-refractivity contribution in [1.29, 1.82) is 0 Å². The molecule has 1 aromatic heterocycles. The minimum atomic E-state index is 0.130. The first-order chi connectivity index (χ1) is 10.8. The van der Waals surface area contributed by atoms with E-state index in [1.54, 1.807) is 0 Å². The van der Waals surface area contributed by atoms with Crippen molar-refractivity contribution < 1.29 is 4.79 Å². The molecule has 2 amide bonds. The topological polar surface area (TPSA) is 73.9 Å². The van der Waals surface area contributed by atoms with Crippen molar-refractivity contribution in [3.8, 4) is 0 Å². The van der Waals surface area contributed by atoms with E-state index >= 15 is 0 Å². The number of carbonyl (C=O) groups is 1. The Labute approximate surface area is 131 Å². The molecule has 1 atom stereocenters. The highest BCUT2D eigenvalue weighted by molar-refractivity contribution is 5.74. The Bertz CT molecular complexity index is 532. The number of likely N-dealkylation sites (tertiary alicyclic amines) is 1. The second-order valence-corrected chi connectivity index (χ2v) is 7.15. The summed E-state index contributed by atoms with van der Waals surface area (Å²) in [5.41, 5.74) is 0. The van der Waals surface area contributed by atoms with E-state index in [0.29, 0.717) is 17.9 Å². The van der Waals surface area contributed by atoms with Gasteiger partial charge in [0.2, 0.25) is 0 Å². The zero-order valence-corrected chi connectivity index (χ0v) is 13.1. The number of hydrogen-bond donors (Lipinski definition) is 2. The molecule has 1 unspecified atom stereocenters. The Morgan fingerprint density at radius 3 is 2.82 bits per heavy atom. The van der Waals surface area contributed by atoms with E-state index in [0.717, 1.165) is 50.4 Å². The normalized spacial score (nSPS) is 25.8. The van der Waals surface area contributed by atoms with Crippen LogP contribution in [0, 0.1) is 5.92 Å². The van der Waals surface area contributed by atoms with Gasteiger partial charge < -0.3 is 10.2 Å². The summed E-state index contributed by atoms with van der Waals surface area (Å²) in [5.74, 6) is 3.09. The second-order valence-electron chi connectivity index (χ2n) is 7.15. The van der Waals surface area contributed by atoms with Crippen LogP contribution in [0.1, 0.15) is 62.5 Å². The van der Waals surface area contributed by atoms with E-state index < -0.39 is 0 Å². The SMILES string of the molecule is O=C(NC1CCCC1)N1CCC(Cc2nc(C3CC3)n[nH]2)C1. The number of hydrogen-bond acceptors (Lipinski definition) is 3. The Kier molecular flexibility index (Phi) is 3.76. The third-order valence-corrected chi connectivity index (χ3v) is 5.23. The Balaban J connectivity index is 1.26. The fraction of sp³-hybridized carbons (Fsp3) is 0.812. The van der Waals surface area contributed by atoms with Gasteiger partial charge >= 0.3 is 6.03 Å². The molecule has 1 aliphatic heterocycles. The van der Waals surface area contributed by atoms with Crippen LogP contribution in [0.25, 0.3) is 0 Å². The molecule has 4 rings (SSSR count). The molecule has 0 bridgehead atoms. The van der Waals surface area contributed by atoms with Gasteiger partial charge in [-0.25, -0.2) is 9.78 Å². The molecule has 0 aromatic carbocycles. The molecule has 6 heteroatoms. The lowest BCUT2D eigenvalue weighted by molar-refractivity contribution is 0.203. The monoisotopic (exact) mass is 303 g/mol. The minimum absolute atomic E-state index is 0.130. The van der Waals surface area contributed by atoms with E-state index in [-0.39, 0.29) is 6.03 Å². The Morgan fingerprint density at radius 2 is 2.05 bits per heavy atom.